The van der Waals surface area contributed by atoms with Crippen molar-refractivity contribution in [3.63, 3.8) is 0 Å². The molecular weight excluding hydrogens is 216 g/mol. The summed E-state index contributed by atoms with van der Waals surface area (Å²) in [5.74, 6) is 0. The molecule has 0 saturated heterocycles. The van der Waals surface area contributed by atoms with Gasteiger partial charge in [-0.3, -0.25) is 0 Å². The van der Waals surface area contributed by atoms with Gasteiger partial charge >= 0.3 is 0 Å². The lowest BCUT2D eigenvalue weighted by Crippen LogP contribution is -1.80. The van der Waals surface area contributed by atoms with Crippen molar-refractivity contribution in [1.29, 1.82) is 0 Å². The van der Waals surface area contributed by atoms with Gasteiger partial charge in [0.15, 0.2) is 0 Å². The first kappa shape index (κ1) is 25.7. The second kappa shape index (κ2) is 25.0. The van der Waals surface area contributed by atoms with Crippen LogP contribution in [0.1, 0.15) is 68.7 Å². The Bertz CT molecular complexity index is 212. The summed E-state index contributed by atoms with van der Waals surface area (Å²) in [7, 11) is 0. The molecule has 0 aromatic heterocycles. The minimum absolute atomic E-state index is 1.15. The molecule has 0 spiro atoms. The first-order valence-corrected chi connectivity index (χ1v) is 6.86. The zero-order valence-corrected chi connectivity index (χ0v) is 14.4. The lowest BCUT2D eigenvalue weighted by Gasteiger charge is -2.00. The highest BCUT2D eigenvalue weighted by molar-refractivity contribution is 5.25. The molecule has 0 amide bonds. The van der Waals surface area contributed by atoms with E-state index < -0.39 is 0 Å². The van der Waals surface area contributed by atoms with E-state index in [0.717, 1.165) is 6.42 Å². The summed E-state index contributed by atoms with van der Waals surface area (Å²) < 4.78 is 0. The van der Waals surface area contributed by atoms with E-state index in [1.165, 1.54) is 16.7 Å². The maximum atomic E-state index is 3.36. The molecule has 0 fully saturated rings. The molecule has 0 aromatic carbocycles. The summed E-state index contributed by atoms with van der Waals surface area (Å²) in [5, 5.41) is 0. The molecule has 0 radical (unpaired) electrons. The van der Waals surface area contributed by atoms with Gasteiger partial charge in [-0.05, 0) is 53.5 Å². The van der Waals surface area contributed by atoms with Crippen LogP contribution in [0, 0.1) is 0 Å². The van der Waals surface area contributed by atoms with Crippen LogP contribution < -0.4 is 0 Å². The summed E-state index contributed by atoms with van der Waals surface area (Å²) in [4.78, 5) is 0. The van der Waals surface area contributed by atoms with Crippen molar-refractivity contribution in [2.24, 2.45) is 0 Å². The highest BCUT2D eigenvalue weighted by Gasteiger charge is 1.90. The fourth-order valence-electron chi connectivity index (χ4n) is 0.948. The van der Waals surface area contributed by atoms with Gasteiger partial charge in [-0.15, -0.1) is 13.2 Å². The highest BCUT2D eigenvalue weighted by atomic mass is 14.0. The van der Waals surface area contributed by atoms with Gasteiger partial charge in [0.2, 0.25) is 0 Å². The van der Waals surface area contributed by atoms with Crippen molar-refractivity contribution in [3.05, 3.63) is 48.1 Å². The molecule has 0 aliphatic rings. The maximum Gasteiger partial charge on any atom is -0.0308 e. The Morgan fingerprint density at radius 2 is 1.17 bits per heavy atom. The van der Waals surface area contributed by atoms with Crippen molar-refractivity contribution in [2.75, 3.05) is 0 Å². The third-order valence-corrected chi connectivity index (χ3v) is 1.49. The maximum absolute atomic E-state index is 3.36. The molecule has 0 aliphatic heterocycles. The predicted molar refractivity (Wildman–Crippen MR) is 91.2 cm³/mol. The smallest absolute Gasteiger partial charge is 0.0308 e. The minimum atomic E-state index is 1.15. The summed E-state index contributed by atoms with van der Waals surface area (Å²) in [5.41, 5.74) is 4.29. The molecular formula is C18H36. The summed E-state index contributed by atoms with van der Waals surface area (Å²) in [6, 6.07) is 0. The first-order valence-electron chi connectivity index (χ1n) is 6.86. The van der Waals surface area contributed by atoms with Crippen LogP contribution in [0.2, 0.25) is 0 Å². The van der Waals surface area contributed by atoms with Crippen molar-refractivity contribution >= 4 is 0 Å². The Hall–Kier alpha value is -1.04. The van der Waals surface area contributed by atoms with E-state index in [0.29, 0.717) is 0 Å². The van der Waals surface area contributed by atoms with Crippen LogP contribution in [0.5, 0.6) is 0 Å². The van der Waals surface area contributed by atoms with E-state index in [4.69, 9.17) is 0 Å². The van der Waals surface area contributed by atoms with E-state index in [2.05, 4.69) is 53.9 Å². The second-order valence-corrected chi connectivity index (χ2v) is 3.92. The summed E-state index contributed by atoms with van der Waals surface area (Å²) in [6.45, 7) is 25.3. The van der Waals surface area contributed by atoms with Crippen LogP contribution in [0.3, 0.4) is 0 Å². The number of allylic oxidation sites excluding steroid dienone is 6. The summed E-state index contributed by atoms with van der Waals surface area (Å²) >= 11 is 0. The molecule has 0 unspecified atom stereocenters. The molecule has 0 aliphatic carbocycles. The van der Waals surface area contributed by atoms with Gasteiger partial charge in [0.25, 0.3) is 0 Å². The van der Waals surface area contributed by atoms with E-state index in [1.54, 1.807) is 12.2 Å². The zero-order valence-electron chi connectivity index (χ0n) is 14.4. The fourth-order valence-corrected chi connectivity index (χ4v) is 0.948. The van der Waals surface area contributed by atoms with Gasteiger partial charge in [-0.25, -0.2) is 0 Å². The average molecular weight is 252 g/mol. The van der Waals surface area contributed by atoms with Gasteiger partial charge in [0.05, 0.1) is 0 Å². The minimum Gasteiger partial charge on any atom is -0.103 e. The monoisotopic (exact) mass is 252 g/mol. The molecule has 0 heteroatoms. The van der Waals surface area contributed by atoms with E-state index in [1.807, 2.05) is 27.7 Å². The van der Waals surface area contributed by atoms with Crippen LogP contribution in [-0.4, -0.2) is 0 Å². The van der Waals surface area contributed by atoms with Crippen LogP contribution in [0.15, 0.2) is 48.1 Å². The van der Waals surface area contributed by atoms with E-state index >= 15 is 0 Å². The van der Waals surface area contributed by atoms with Crippen LogP contribution >= 0.6 is 0 Å². The third-order valence-electron chi connectivity index (χ3n) is 1.49. The molecule has 0 N–H and O–H groups in total. The SMILES string of the molecule is C=CC.C=CC.CC.CCC(C=C(C)C)=C(C)C. The lowest BCUT2D eigenvalue weighted by molar-refractivity contribution is 1.09. The number of hydrogen-bond donors (Lipinski definition) is 0. The first-order chi connectivity index (χ1) is 8.40. The standard InChI is InChI=1S/C10H18.2C3H6.C2H6/c1-6-10(9(4)5)7-8(2)3;2*1-3-2;1-2/h7H,6H2,1-5H3;2*3H,1H2,2H3;1-2H3. The zero-order chi connectivity index (χ0) is 15.6. The topological polar surface area (TPSA) is 0 Å². The van der Waals surface area contributed by atoms with Gasteiger partial charge < -0.3 is 0 Å². The fraction of sp³-hybridized carbons (Fsp3) is 0.556. The Morgan fingerprint density at radius 1 is 0.889 bits per heavy atom. The van der Waals surface area contributed by atoms with Crippen LogP contribution in [0.25, 0.3) is 0 Å². The third kappa shape index (κ3) is 36.3. The molecule has 108 valence electrons. The molecule has 0 heterocycles. The number of hydrogen-bond acceptors (Lipinski definition) is 0. The highest BCUT2D eigenvalue weighted by Crippen LogP contribution is 2.11. The predicted octanol–water partition coefficient (Wildman–Crippen LogP) is 7.11. The molecule has 0 nitrogen and oxygen atoms in total. The van der Waals surface area contributed by atoms with Crippen molar-refractivity contribution < 1.29 is 0 Å². The van der Waals surface area contributed by atoms with Gasteiger partial charge in [-0.2, -0.15) is 0 Å². The van der Waals surface area contributed by atoms with Crippen LogP contribution in [-0.2, 0) is 0 Å². The normalized spacial score (nSPS) is 6.72. The molecule has 0 aromatic rings. The average Bonchev–Trinajstić information content (AvgIpc) is 2.30. The lowest BCUT2D eigenvalue weighted by atomic mass is 10.1. The van der Waals surface area contributed by atoms with Crippen molar-refractivity contribution in [3.8, 4) is 0 Å². The molecule has 0 rings (SSSR count). The van der Waals surface area contributed by atoms with Gasteiger partial charge in [0.1, 0.15) is 0 Å². The molecule has 0 atom stereocenters. The quantitative estimate of drug-likeness (QED) is 0.363. The summed E-state index contributed by atoms with van der Waals surface area (Å²) in [6.07, 6.45) is 6.91. The Kier molecular flexibility index (Phi) is 35.7. The largest absolute Gasteiger partial charge is 0.103 e. The number of rotatable bonds is 2. The van der Waals surface area contributed by atoms with Gasteiger partial charge in [-0.1, -0.05) is 50.1 Å². The Labute approximate surface area is 117 Å². The van der Waals surface area contributed by atoms with E-state index in [-0.39, 0.29) is 0 Å². The molecule has 0 saturated carbocycles. The Balaban J connectivity index is -0.000000102. The molecule has 0 bridgehead atoms. The van der Waals surface area contributed by atoms with E-state index in [9.17, 15) is 0 Å². The second-order valence-electron chi connectivity index (χ2n) is 3.92. The molecule has 18 heavy (non-hydrogen) atoms. The van der Waals surface area contributed by atoms with Gasteiger partial charge in [0, 0.05) is 0 Å². The van der Waals surface area contributed by atoms with Crippen molar-refractivity contribution in [1.82, 2.24) is 0 Å². The van der Waals surface area contributed by atoms with Crippen LogP contribution in [0.4, 0.5) is 0 Å². The Morgan fingerprint density at radius 3 is 1.22 bits per heavy atom. The van der Waals surface area contributed by atoms with Crippen molar-refractivity contribution in [2.45, 2.75) is 68.7 Å².